The van der Waals surface area contributed by atoms with Gasteiger partial charge in [0, 0.05) is 18.0 Å². The van der Waals surface area contributed by atoms with E-state index in [2.05, 4.69) is 15.6 Å². The van der Waals surface area contributed by atoms with Crippen LogP contribution in [0.25, 0.3) is 10.9 Å². The largest absolute Gasteiger partial charge is 0.360 e. The van der Waals surface area contributed by atoms with Crippen LogP contribution in [-0.2, 0) is 11.2 Å². The zero-order valence-electron chi connectivity index (χ0n) is 9.59. The third-order valence-corrected chi connectivity index (χ3v) is 3.37. The summed E-state index contributed by atoms with van der Waals surface area (Å²) in [5.74, 6) is -0.833. The molecule has 1 aromatic heterocycles. The number of fused-ring (bicyclic) bond motifs is 1. The molecule has 3 N–H and O–H groups in total. The van der Waals surface area contributed by atoms with Crippen molar-refractivity contribution >= 4 is 34.4 Å². The first-order chi connectivity index (χ1) is 9.04. The van der Waals surface area contributed by atoms with E-state index < -0.39 is 17.9 Å². The fraction of sp³-hybridized carbons (Fsp3) is 0.231. The number of hydrogen-bond donors (Lipinski definition) is 3. The van der Waals surface area contributed by atoms with Crippen molar-refractivity contribution in [1.29, 1.82) is 0 Å². The third kappa shape index (κ3) is 2.34. The molecule has 0 spiro atoms. The summed E-state index contributed by atoms with van der Waals surface area (Å²) < 4.78 is 13.4. The van der Waals surface area contributed by atoms with Crippen molar-refractivity contribution in [2.75, 3.05) is 0 Å². The summed E-state index contributed by atoms with van der Waals surface area (Å²) in [6.45, 7) is 0. The molecular weight excluding hydrogens is 285 g/mol. The van der Waals surface area contributed by atoms with Crippen LogP contribution in [0.4, 0.5) is 9.18 Å². The molecule has 1 fully saturated rings. The monoisotopic (exact) mass is 297 g/mol. The molecule has 0 aliphatic carbocycles. The molecule has 3 amide bonds. The number of aromatic nitrogens is 1. The molecule has 1 aromatic carbocycles. The highest BCUT2D eigenvalue weighted by Gasteiger charge is 2.30. The Bertz CT molecular complexity index is 698. The van der Waals surface area contributed by atoms with Gasteiger partial charge in [0.2, 0.25) is 0 Å². The van der Waals surface area contributed by atoms with Crippen LogP contribution >= 0.6 is 11.6 Å². The van der Waals surface area contributed by atoms with Crippen LogP contribution in [0.5, 0.6) is 0 Å². The van der Waals surface area contributed by atoms with Crippen molar-refractivity contribution in [1.82, 2.24) is 15.6 Å². The van der Waals surface area contributed by atoms with Gasteiger partial charge in [-0.15, -0.1) is 0 Å². The summed E-state index contributed by atoms with van der Waals surface area (Å²) in [7, 11) is 0. The third-order valence-electron chi connectivity index (χ3n) is 3.07. The van der Waals surface area contributed by atoms with E-state index in [0.717, 1.165) is 5.56 Å². The van der Waals surface area contributed by atoms with E-state index in [9.17, 15) is 14.0 Å². The zero-order valence-corrected chi connectivity index (χ0v) is 10.3. The van der Waals surface area contributed by atoms with Gasteiger partial charge in [-0.2, -0.15) is 0 Å². The number of carbonyl (C=O) groups excluding carboxylic acids is 2. The molecule has 106 valence electrons. The van der Waals surface area contributed by atoms with Crippen molar-refractivity contribution in [2.24, 2.45) is 0 Å². The fourth-order valence-electron chi connectivity index (χ4n) is 2.20. The Hall–Kier alpha value is -2.08. The van der Waals surface area contributed by atoms with Crippen LogP contribution < -0.4 is 10.6 Å². The minimum absolute atomic E-state index is 0. The van der Waals surface area contributed by atoms with Gasteiger partial charge in [0.05, 0.1) is 10.5 Å². The van der Waals surface area contributed by atoms with Gasteiger partial charge in [0.1, 0.15) is 11.9 Å². The molecule has 0 unspecified atom stereocenters. The number of urea groups is 1. The highest BCUT2D eigenvalue weighted by molar-refractivity contribution is 6.35. The van der Waals surface area contributed by atoms with Crippen LogP contribution in [0.2, 0.25) is 5.02 Å². The Balaban J connectivity index is 0.00000147. The topological polar surface area (TPSA) is 74.0 Å². The molecule has 1 aliphatic heterocycles. The summed E-state index contributed by atoms with van der Waals surface area (Å²) in [6.07, 6.45) is 1.94. The summed E-state index contributed by atoms with van der Waals surface area (Å²) in [6, 6.07) is 1.41. The van der Waals surface area contributed by atoms with E-state index >= 15 is 0 Å². The zero-order chi connectivity index (χ0) is 13.6. The van der Waals surface area contributed by atoms with Crippen molar-refractivity contribution < 1.29 is 14.0 Å². The normalized spacial score (nSPS) is 17.8. The molecule has 2 aromatic rings. The molecule has 3 rings (SSSR count). The molecule has 5 nitrogen and oxygen atoms in total. The number of carbonyl (C=O) groups is 2. The SMILES string of the molecule is C.O=C1NC(=O)[C@@H](Cc2c[nH]c3c(Cl)cc(F)cc23)N1. The smallest absolute Gasteiger partial charge is 0.322 e. The quantitative estimate of drug-likeness (QED) is 0.744. The molecule has 2 heterocycles. The van der Waals surface area contributed by atoms with Crippen molar-refractivity contribution in [3.63, 3.8) is 0 Å². The number of hydrogen-bond acceptors (Lipinski definition) is 2. The molecule has 0 bridgehead atoms. The first-order valence-electron chi connectivity index (χ1n) is 5.61. The van der Waals surface area contributed by atoms with Gasteiger partial charge in [0.15, 0.2) is 0 Å². The van der Waals surface area contributed by atoms with E-state index in [1.165, 1.54) is 12.1 Å². The Labute approximate surface area is 119 Å². The Morgan fingerprint density at radius 3 is 2.70 bits per heavy atom. The van der Waals surface area contributed by atoms with E-state index in [-0.39, 0.29) is 24.8 Å². The Morgan fingerprint density at radius 1 is 1.30 bits per heavy atom. The summed E-state index contributed by atoms with van der Waals surface area (Å²) in [5, 5.41) is 5.54. The van der Waals surface area contributed by atoms with Gasteiger partial charge in [-0.25, -0.2) is 9.18 Å². The lowest BCUT2D eigenvalue weighted by Crippen LogP contribution is -2.30. The second kappa shape index (κ2) is 5.13. The second-order valence-corrected chi connectivity index (χ2v) is 4.75. The summed E-state index contributed by atoms with van der Waals surface area (Å²) >= 11 is 5.92. The number of halogens is 2. The number of benzene rings is 1. The van der Waals surface area contributed by atoms with Gasteiger partial charge in [-0.05, 0) is 17.7 Å². The first-order valence-corrected chi connectivity index (χ1v) is 5.99. The number of imide groups is 1. The average molecular weight is 298 g/mol. The molecule has 1 atom stereocenters. The molecule has 1 saturated heterocycles. The minimum Gasteiger partial charge on any atom is -0.360 e. The predicted octanol–water partition coefficient (Wildman–Crippen LogP) is 2.35. The summed E-state index contributed by atoms with van der Waals surface area (Å²) in [5.41, 5.74) is 1.33. The molecule has 0 saturated carbocycles. The van der Waals surface area contributed by atoms with Gasteiger partial charge in [0.25, 0.3) is 5.91 Å². The van der Waals surface area contributed by atoms with Gasteiger partial charge in [-0.1, -0.05) is 19.0 Å². The van der Waals surface area contributed by atoms with E-state index in [0.29, 0.717) is 10.9 Å². The Morgan fingerprint density at radius 2 is 2.05 bits per heavy atom. The van der Waals surface area contributed by atoms with Crippen molar-refractivity contribution in [3.05, 3.63) is 34.7 Å². The second-order valence-electron chi connectivity index (χ2n) is 4.34. The van der Waals surface area contributed by atoms with E-state index in [4.69, 9.17) is 11.6 Å². The lowest BCUT2D eigenvalue weighted by atomic mass is 10.1. The summed E-state index contributed by atoms with van der Waals surface area (Å²) in [4.78, 5) is 25.4. The lowest BCUT2D eigenvalue weighted by molar-refractivity contribution is -0.120. The van der Waals surface area contributed by atoms with Gasteiger partial charge in [-0.3, -0.25) is 10.1 Å². The lowest BCUT2D eigenvalue weighted by Gasteiger charge is -2.06. The molecule has 20 heavy (non-hydrogen) atoms. The van der Waals surface area contributed by atoms with Gasteiger partial charge >= 0.3 is 6.03 Å². The van der Waals surface area contributed by atoms with E-state index in [1.807, 2.05) is 0 Å². The molecular formula is C13H13ClFN3O2. The maximum atomic E-state index is 13.4. The van der Waals surface area contributed by atoms with E-state index in [1.54, 1.807) is 6.20 Å². The van der Waals surface area contributed by atoms with Crippen LogP contribution in [-0.4, -0.2) is 23.0 Å². The van der Waals surface area contributed by atoms with Gasteiger partial charge < -0.3 is 10.3 Å². The van der Waals surface area contributed by atoms with Crippen LogP contribution in [0.3, 0.4) is 0 Å². The predicted molar refractivity (Wildman–Crippen MR) is 74.2 cm³/mol. The standard InChI is InChI=1S/C12H9ClFN3O2.CH4/c13-8-3-6(14)2-7-5(4-15-10(7)8)1-9-11(18)17-12(19)16-9;/h2-4,9,15H,1H2,(H2,16,17,18,19);1H4/t9-;/m1./s1. The fourth-order valence-corrected chi connectivity index (χ4v) is 2.46. The maximum absolute atomic E-state index is 13.4. The van der Waals surface area contributed by atoms with Crippen molar-refractivity contribution in [3.8, 4) is 0 Å². The average Bonchev–Trinajstić information content (AvgIpc) is 2.84. The minimum atomic E-state index is -0.645. The Kier molecular flexibility index (Phi) is 3.67. The van der Waals surface area contributed by atoms with Crippen molar-refractivity contribution in [2.45, 2.75) is 19.9 Å². The number of nitrogens with one attached hydrogen (secondary N) is 3. The first kappa shape index (κ1) is 14.3. The molecule has 1 aliphatic rings. The number of rotatable bonds is 2. The van der Waals surface area contributed by atoms with Crippen LogP contribution in [0.15, 0.2) is 18.3 Å². The number of H-pyrrole nitrogens is 1. The van der Waals surface area contributed by atoms with Crippen LogP contribution in [0.1, 0.15) is 13.0 Å². The highest BCUT2D eigenvalue weighted by Crippen LogP contribution is 2.27. The van der Waals surface area contributed by atoms with Crippen LogP contribution in [0, 0.1) is 5.82 Å². The number of amides is 3. The maximum Gasteiger partial charge on any atom is 0.322 e. The highest BCUT2D eigenvalue weighted by atomic mass is 35.5. The molecule has 7 heteroatoms. The number of aromatic amines is 1. The molecule has 0 radical (unpaired) electrons.